The van der Waals surface area contributed by atoms with E-state index in [4.69, 9.17) is 8.83 Å². The van der Waals surface area contributed by atoms with Crippen molar-refractivity contribution in [3.05, 3.63) is 58.2 Å². The normalized spacial score (nSPS) is 16.3. The number of aryl methyl sites for hydroxylation is 4. The van der Waals surface area contributed by atoms with Gasteiger partial charge in [-0.05, 0) is 83.0 Å². The van der Waals surface area contributed by atoms with E-state index < -0.39 is 0 Å². The first-order valence-electron chi connectivity index (χ1n) is 10.5. The van der Waals surface area contributed by atoms with Crippen LogP contribution in [0.5, 0.6) is 0 Å². The molecule has 0 spiro atoms. The fourth-order valence-electron chi connectivity index (χ4n) is 4.55. The standard InChI is InChI=1S/C24H30N2O3/c1-15-12-16(2)22-18(4)23(29-21(22)13-15)24(27)25-14-19(20-9-8-17(3)28-20)26-10-6-5-7-11-26/h8-9,12-13,19H,5-7,10-11,14H2,1-4H3,(H,25,27)/t19-/m1/s1. The van der Waals surface area contributed by atoms with Gasteiger partial charge in [-0.15, -0.1) is 0 Å². The van der Waals surface area contributed by atoms with Gasteiger partial charge in [-0.3, -0.25) is 9.69 Å². The van der Waals surface area contributed by atoms with Gasteiger partial charge >= 0.3 is 0 Å². The molecule has 5 heteroatoms. The van der Waals surface area contributed by atoms with Crippen LogP contribution in [0.15, 0.2) is 33.1 Å². The Hall–Kier alpha value is -2.53. The molecular formula is C24H30N2O3. The van der Waals surface area contributed by atoms with Gasteiger partial charge in [-0.1, -0.05) is 12.5 Å². The molecule has 1 aromatic carbocycles. The van der Waals surface area contributed by atoms with Crippen LogP contribution in [0.25, 0.3) is 11.0 Å². The fourth-order valence-corrected chi connectivity index (χ4v) is 4.55. The van der Waals surface area contributed by atoms with Crippen LogP contribution in [0.1, 0.15) is 64.1 Å². The Bertz CT molecular complexity index is 1020. The van der Waals surface area contributed by atoms with Crippen LogP contribution < -0.4 is 5.32 Å². The van der Waals surface area contributed by atoms with E-state index in [2.05, 4.69) is 23.2 Å². The number of rotatable bonds is 5. The zero-order chi connectivity index (χ0) is 20.5. The first kappa shape index (κ1) is 19.8. The third kappa shape index (κ3) is 3.97. The highest BCUT2D eigenvalue weighted by Gasteiger charge is 2.27. The predicted molar refractivity (Wildman–Crippen MR) is 114 cm³/mol. The van der Waals surface area contributed by atoms with Gasteiger partial charge in [0.25, 0.3) is 5.91 Å². The second-order valence-corrected chi connectivity index (χ2v) is 8.28. The van der Waals surface area contributed by atoms with Gasteiger partial charge in [0.2, 0.25) is 0 Å². The smallest absolute Gasteiger partial charge is 0.287 e. The zero-order valence-corrected chi connectivity index (χ0v) is 17.8. The molecule has 1 fully saturated rings. The highest BCUT2D eigenvalue weighted by Crippen LogP contribution is 2.30. The average Bonchev–Trinajstić information content (AvgIpc) is 3.26. The molecule has 1 saturated heterocycles. The largest absolute Gasteiger partial charge is 0.465 e. The average molecular weight is 395 g/mol. The van der Waals surface area contributed by atoms with Crippen LogP contribution in [0.4, 0.5) is 0 Å². The Morgan fingerprint density at radius 3 is 2.52 bits per heavy atom. The van der Waals surface area contributed by atoms with Gasteiger partial charge in [0.1, 0.15) is 17.1 Å². The molecule has 5 nitrogen and oxygen atoms in total. The summed E-state index contributed by atoms with van der Waals surface area (Å²) in [4.78, 5) is 15.4. The Morgan fingerprint density at radius 1 is 1.07 bits per heavy atom. The van der Waals surface area contributed by atoms with Crippen LogP contribution in [-0.2, 0) is 0 Å². The van der Waals surface area contributed by atoms with E-state index in [1.807, 2.05) is 39.0 Å². The molecule has 1 amide bonds. The second-order valence-electron chi connectivity index (χ2n) is 8.28. The summed E-state index contributed by atoms with van der Waals surface area (Å²) in [6.07, 6.45) is 3.64. The van der Waals surface area contributed by atoms with E-state index >= 15 is 0 Å². The van der Waals surface area contributed by atoms with E-state index in [0.717, 1.165) is 52.3 Å². The van der Waals surface area contributed by atoms with Crippen molar-refractivity contribution in [3.63, 3.8) is 0 Å². The minimum absolute atomic E-state index is 0.0432. The predicted octanol–water partition coefficient (Wildman–Crippen LogP) is 5.22. The maximum Gasteiger partial charge on any atom is 0.287 e. The quantitative estimate of drug-likeness (QED) is 0.645. The van der Waals surface area contributed by atoms with Crippen molar-refractivity contribution in [2.75, 3.05) is 19.6 Å². The summed E-state index contributed by atoms with van der Waals surface area (Å²) >= 11 is 0. The van der Waals surface area contributed by atoms with Crippen LogP contribution in [0.3, 0.4) is 0 Å². The molecule has 0 bridgehead atoms. The summed E-state index contributed by atoms with van der Waals surface area (Å²) < 4.78 is 11.9. The number of hydrogen-bond acceptors (Lipinski definition) is 4. The third-order valence-corrected chi connectivity index (χ3v) is 5.95. The summed E-state index contributed by atoms with van der Waals surface area (Å²) in [7, 11) is 0. The Labute approximate surface area is 172 Å². The first-order valence-corrected chi connectivity index (χ1v) is 10.5. The molecule has 0 saturated carbocycles. The van der Waals surface area contributed by atoms with E-state index in [9.17, 15) is 4.79 Å². The zero-order valence-electron chi connectivity index (χ0n) is 17.8. The topological polar surface area (TPSA) is 58.6 Å². The highest BCUT2D eigenvalue weighted by molar-refractivity contribution is 6.00. The first-order chi connectivity index (χ1) is 13.9. The number of furan rings is 2. The molecule has 3 heterocycles. The summed E-state index contributed by atoms with van der Waals surface area (Å²) in [5.41, 5.74) is 3.95. The monoisotopic (exact) mass is 394 g/mol. The number of piperidine rings is 1. The van der Waals surface area contributed by atoms with Gasteiger partial charge in [0.15, 0.2) is 5.76 Å². The van der Waals surface area contributed by atoms with E-state index in [-0.39, 0.29) is 11.9 Å². The van der Waals surface area contributed by atoms with Crippen molar-refractivity contribution in [2.45, 2.75) is 53.0 Å². The number of hydrogen-bond donors (Lipinski definition) is 1. The number of likely N-dealkylation sites (tertiary alicyclic amines) is 1. The van der Waals surface area contributed by atoms with Crippen molar-refractivity contribution in [3.8, 4) is 0 Å². The fraction of sp³-hybridized carbons (Fsp3) is 0.458. The molecular weight excluding hydrogens is 364 g/mol. The molecule has 0 aliphatic carbocycles. The summed E-state index contributed by atoms with van der Waals surface area (Å²) in [6.45, 7) is 10.6. The second kappa shape index (κ2) is 8.07. The van der Waals surface area contributed by atoms with Gasteiger partial charge in [-0.25, -0.2) is 0 Å². The number of carbonyl (C=O) groups excluding carboxylic acids is 1. The van der Waals surface area contributed by atoms with Crippen molar-refractivity contribution >= 4 is 16.9 Å². The lowest BCUT2D eigenvalue weighted by molar-refractivity contribution is 0.0888. The third-order valence-electron chi connectivity index (χ3n) is 5.95. The molecule has 0 radical (unpaired) electrons. The molecule has 4 rings (SSSR count). The summed E-state index contributed by atoms with van der Waals surface area (Å²) in [6, 6.07) is 8.18. The van der Waals surface area contributed by atoms with Crippen molar-refractivity contribution in [1.82, 2.24) is 10.2 Å². The van der Waals surface area contributed by atoms with Crippen LogP contribution >= 0.6 is 0 Å². The molecule has 1 aliphatic heterocycles. The maximum atomic E-state index is 13.0. The molecule has 1 aliphatic rings. The number of amides is 1. The number of fused-ring (bicyclic) bond motifs is 1. The van der Waals surface area contributed by atoms with Crippen LogP contribution in [-0.4, -0.2) is 30.4 Å². The van der Waals surface area contributed by atoms with Crippen molar-refractivity contribution in [2.24, 2.45) is 0 Å². The van der Waals surface area contributed by atoms with E-state index in [1.165, 1.54) is 19.3 Å². The van der Waals surface area contributed by atoms with Crippen molar-refractivity contribution in [1.29, 1.82) is 0 Å². The molecule has 1 N–H and O–H groups in total. The maximum absolute atomic E-state index is 13.0. The lowest BCUT2D eigenvalue weighted by Gasteiger charge is -2.33. The van der Waals surface area contributed by atoms with Gasteiger partial charge in [0, 0.05) is 17.5 Å². The molecule has 2 aromatic heterocycles. The Balaban J connectivity index is 1.56. The van der Waals surface area contributed by atoms with Gasteiger partial charge in [-0.2, -0.15) is 0 Å². The molecule has 0 unspecified atom stereocenters. The number of benzene rings is 1. The Kier molecular flexibility index (Phi) is 5.50. The van der Waals surface area contributed by atoms with E-state index in [0.29, 0.717) is 12.3 Å². The summed E-state index contributed by atoms with van der Waals surface area (Å²) in [5.74, 6) is 2.05. The van der Waals surface area contributed by atoms with Crippen LogP contribution in [0.2, 0.25) is 0 Å². The SMILES string of the molecule is Cc1cc(C)c2c(C)c(C(=O)NC[C@H](c3ccc(C)o3)N3CCCCC3)oc2c1. The lowest BCUT2D eigenvalue weighted by Crippen LogP contribution is -2.40. The van der Waals surface area contributed by atoms with Crippen molar-refractivity contribution < 1.29 is 13.6 Å². The highest BCUT2D eigenvalue weighted by atomic mass is 16.3. The minimum Gasteiger partial charge on any atom is -0.465 e. The van der Waals surface area contributed by atoms with Gasteiger partial charge in [0.05, 0.1) is 6.04 Å². The number of nitrogens with zero attached hydrogens (tertiary/aromatic N) is 1. The number of carbonyl (C=O) groups is 1. The van der Waals surface area contributed by atoms with E-state index in [1.54, 1.807) is 0 Å². The van der Waals surface area contributed by atoms with Gasteiger partial charge < -0.3 is 14.2 Å². The minimum atomic E-state index is -0.166. The summed E-state index contributed by atoms with van der Waals surface area (Å²) in [5, 5.41) is 4.14. The molecule has 154 valence electrons. The number of nitrogens with one attached hydrogen (secondary N) is 1. The molecule has 1 atom stereocenters. The lowest BCUT2D eigenvalue weighted by atomic mass is 10.0. The molecule has 29 heavy (non-hydrogen) atoms. The Morgan fingerprint density at radius 2 is 1.83 bits per heavy atom. The molecule has 3 aromatic rings. The van der Waals surface area contributed by atoms with Crippen LogP contribution in [0, 0.1) is 27.7 Å².